The fourth-order valence-electron chi connectivity index (χ4n) is 2.13. The topological polar surface area (TPSA) is 55.6 Å². The van der Waals surface area contributed by atoms with Crippen molar-refractivity contribution < 1.29 is 9.53 Å². The van der Waals surface area contributed by atoms with Crippen LogP contribution in [0.2, 0.25) is 0 Å². The van der Waals surface area contributed by atoms with Crippen molar-refractivity contribution in [1.82, 2.24) is 4.90 Å². The monoisotopic (exact) mass is 242 g/mol. The summed E-state index contributed by atoms with van der Waals surface area (Å²) in [5.41, 5.74) is 5.46. The van der Waals surface area contributed by atoms with E-state index in [1.54, 1.807) is 0 Å². The van der Waals surface area contributed by atoms with Gasteiger partial charge >= 0.3 is 5.97 Å². The third-order valence-corrected chi connectivity index (χ3v) is 3.13. The summed E-state index contributed by atoms with van der Waals surface area (Å²) in [4.78, 5) is 14.1. The van der Waals surface area contributed by atoms with Gasteiger partial charge in [0.15, 0.2) is 0 Å². The van der Waals surface area contributed by atoms with E-state index < -0.39 is 11.6 Å². The standard InChI is InChI=1S/C13H26N2O2/c1-13(2,3)17-12(16)11(14)9-10-5-7-15(4)8-6-10/h10-11H,5-9,14H2,1-4H3. The van der Waals surface area contributed by atoms with E-state index in [1.165, 1.54) is 0 Å². The molecule has 1 aliphatic rings. The Hall–Kier alpha value is -0.610. The van der Waals surface area contributed by atoms with Crippen LogP contribution in [-0.4, -0.2) is 42.6 Å². The lowest BCUT2D eigenvalue weighted by Gasteiger charge is -2.30. The van der Waals surface area contributed by atoms with Crippen molar-refractivity contribution in [1.29, 1.82) is 0 Å². The second-order valence-electron chi connectivity index (χ2n) is 6.12. The number of nitrogens with two attached hydrogens (primary N) is 1. The van der Waals surface area contributed by atoms with Crippen LogP contribution in [0.15, 0.2) is 0 Å². The smallest absolute Gasteiger partial charge is 0.323 e. The molecule has 0 aromatic carbocycles. The number of rotatable bonds is 3. The van der Waals surface area contributed by atoms with E-state index in [4.69, 9.17) is 10.5 Å². The summed E-state index contributed by atoms with van der Waals surface area (Å²) in [6.07, 6.45) is 3.02. The molecule has 1 rings (SSSR count). The number of piperidine rings is 1. The molecule has 17 heavy (non-hydrogen) atoms. The average Bonchev–Trinajstić information content (AvgIpc) is 2.19. The van der Waals surface area contributed by atoms with E-state index in [9.17, 15) is 4.79 Å². The molecule has 4 nitrogen and oxygen atoms in total. The Balaban J connectivity index is 2.33. The number of carbonyl (C=O) groups is 1. The number of esters is 1. The highest BCUT2D eigenvalue weighted by Crippen LogP contribution is 2.21. The van der Waals surface area contributed by atoms with Crippen LogP contribution in [0.25, 0.3) is 0 Å². The van der Waals surface area contributed by atoms with E-state index in [0.717, 1.165) is 32.4 Å². The molecule has 0 radical (unpaired) electrons. The highest BCUT2D eigenvalue weighted by Gasteiger charge is 2.26. The predicted molar refractivity (Wildman–Crippen MR) is 68.7 cm³/mol. The van der Waals surface area contributed by atoms with Crippen molar-refractivity contribution >= 4 is 5.97 Å². The third-order valence-electron chi connectivity index (χ3n) is 3.13. The number of likely N-dealkylation sites (tertiary alicyclic amines) is 1. The van der Waals surface area contributed by atoms with Gasteiger partial charge < -0.3 is 15.4 Å². The number of hydrogen-bond donors (Lipinski definition) is 1. The number of ether oxygens (including phenoxy) is 1. The van der Waals surface area contributed by atoms with Crippen LogP contribution in [0.4, 0.5) is 0 Å². The van der Waals surface area contributed by atoms with Crippen LogP contribution in [-0.2, 0) is 9.53 Å². The van der Waals surface area contributed by atoms with Gasteiger partial charge in [-0.05, 0) is 66.1 Å². The van der Waals surface area contributed by atoms with Gasteiger partial charge in [0.1, 0.15) is 11.6 Å². The summed E-state index contributed by atoms with van der Waals surface area (Å²) in [6, 6.07) is -0.470. The van der Waals surface area contributed by atoms with Crippen LogP contribution < -0.4 is 5.73 Å². The van der Waals surface area contributed by atoms with Gasteiger partial charge in [-0.2, -0.15) is 0 Å². The summed E-state index contributed by atoms with van der Waals surface area (Å²) < 4.78 is 5.29. The van der Waals surface area contributed by atoms with Crippen LogP contribution >= 0.6 is 0 Å². The predicted octanol–water partition coefficient (Wildman–Crippen LogP) is 1.39. The fraction of sp³-hybridized carbons (Fsp3) is 0.923. The summed E-state index contributed by atoms with van der Waals surface area (Å²) in [5, 5.41) is 0. The highest BCUT2D eigenvalue weighted by molar-refractivity contribution is 5.75. The van der Waals surface area contributed by atoms with Crippen molar-refractivity contribution in [3.8, 4) is 0 Å². The summed E-state index contributed by atoms with van der Waals surface area (Å²) in [5.74, 6) is 0.296. The number of hydrogen-bond acceptors (Lipinski definition) is 4. The Bertz CT molecular complexity index is 253. The number of carbonyl (C=O) groups excluding carboxylic acids is 1. The van der Waals surface area contributed by atoms with E-state index in [-0.39, 0.29) is 5.97 Å². The van der Waals surface area contributed by atoms with Crippen molar-refractivity contribution in [2.75, 3.05) is 20.1 Å². The van der Waals surface area contributed by atoms with Gasteiger partial charge in [-0.25, -0.2) is 0 Å². The largest absolute Gasteiger partial charge is 0.459 e. The minimum absolute atomic E-state index is 0.267. The van der Waals surface area contributed by atoms with Crippen LogP contribution in [0, 0.1) is 5.92 Å². The van der Waals surface area contributed by atoms with Crippen LogP contribution in [0.1, 0.15) is 40.0 Å². The van der Waals surface area contributed by atoms with Gasteiger partial charge in [0.2, 0.25) is 0 Å². The summed E-state index contributed by atoms with van der Waals surface area (Å²) in [6.45, 7) is 7.81. The van der Waals surface area contributed by atoms with Crippen LogP contribution in [0.3, 0.4) is 0 Å². The summed E-state index contributed by atoms with van der Waals surface area (Å²) in [7, 11) is 2.13. The highest BCUT2D eigenvalue weighted by atomic mass is 16.6. The van der Waals surface area contributed by atoms with Crippen LogP contribution in [0.5, 0.6) is 0 Å². The average molecular weight is 242 g/mol. The van der Waals surface area contributed by atoms with Gasteiger partial charge in [0, 0.05) is 0 Å². The zero-order valence-corrected chi connectivity index (χ0v) is 11.5. The zero-order valence-electron chi connectivity index (χ0n) is 11.5. The van der Waals surface area contributed by atoms with Crippen molar-refractivity contribution in [2.45, 2.75) is 51.7 Å². The summed E-state index contributed by atoms with van der Waals surface area (Å²) >= 11 is 0. The molecular formula is C13H26N2O2. The third kappa shape index (κ3) is 5.50. The molecule has 0 saturated carbocycles. The lowest BCUT2D eigenvalue weighted by Crippen LogP contribution is -2.40. The lowest BCUT2D eigenvalue weighted by atomic mass is 9.90. The van der Waals surface area contributed by atoms with Gasteiger partial charge in [-0.15, -0.1) is 0 Å². The van der Waals surface area contributed by atoms with Crippen molar-refractivity contribution in [3.63, 3.8) is 0 Å². The van der Waals surface area contributed by atoms with Crippen molar-refractivity contribution in [2.24, 2.45) is 11.7 Å². The minimum Gasteiger partial charge on any atom is -0.459 e. The number of nitrogens with zero attached hydrogens (tertiary/aromatic N) is 1. The van der Waals surface area contributed by atoms with Gasteiger partial charge in [-0.1, -0.05) is 0 Å². The van der Waals surface area contributed by atoms with Gasteiger partial charge in [0.05, 0.1) is 0 Å². The van der Waals surface area contributed by atoms with E-state index >= 15 is 0 Å². The van der Waals surface area contributed by atoms with E-state index in [0.29, 0.717) is 5.92 Å². The molecule has 1 fully saturated rings. The Morgan fingerprint density at radius 3 is 2.41 bits per heavy atom. The first-order valence-corrected chi connectivity index (χ1v) is 6.45. The second-order valence-corrected chi connectivity index (χ2v) is 6.12. The molecular weight excluding hydrogens is 216 g/mol. The van der Waals surface area contributed by atoms with E-state index in [2.05, 4.69) is 11.9 Å². The Kier molecular flexibility index (Phi) is 4.95. The zero-order chi connectivity index (χ0) is 13.1. The molecule has 0 aromatic rings. The normalized spacial score (nSPS) is 21.2. The fourth-order valence-corrected chi connectivity index (χ4v) is 2.13. The van der Waals surface area contributed by atoms with Gasteiger partial charge in [0.25, 0.3) is 0 Å². The van der Waals surface area contributed by atoms with Crippen molar-refractivity contribution in [3.05, 3.63) is 0 Å². The first-order valence-electron chi connectivity index (χ1n) is 6.45. The van der Waals surface area contributed by atoms with E-state index in [1.807, 2.05) is 20.8 Å². The minimum atomic E-state index is -0.470. The molecule has 100 valence electrons. The quantitative estimate of drug-likeness (QED) is 0.760. The molecule has 0 aromatic heterocycles. The Morgan fingerprint density at radius 2 is 1.94 bits per heavy atom. The maximum Gasteiger partial charge on any atom is 0.323 e. The molecule has 2 N–H and O–H groups in total. The maximum atomic E-state index is 11.7. The maximum absolute atomic E-state index is 11.7. The molecule has 0 bridgehead atoms. The molecule has 0 amide bonds. The Labute approximate surface area is 104 Å². The molecule has 0 spiro atoms. The lowest BCUT2D eigenvalue weighted by molar-refractivity contribution is -0.157. The SMILES string of the molecule is CN1CCC(CC(N)C(=O)OC(C)(C)C)CC1. The molecule has 1 saturated heterocycles. The molecule has 1 unspecified atom stereocenters. The Morgan fingerprint density at radius 1 is 1.41 bits per heavy atom. The first kappa shape index (κ1) is 14.5. The molecule has 0 aliphatic carbocycles. The molecule has 1 heterocycles. The molecule has 1 aliphatic heterocycles. The van der Waals surface area contributed by atoms with Gasteiger partial charge in [-0.3, -0.25) is 4.79 Å². The first-order chi connectivity index (χ1) is 7.78. The second kappa shape index (κ2) is 5.83. The molecule has 1 atom stereocenters. The molecule has 4 heteroatoms.